The molecule has 0 unspecified atom stereocenters. The van der Waals surface area contributed by atoms with E-state index in [1.807, 2.05) is 0 Å². The van der Waals surface area contributed by atoms with E-state index in [9.17, 15) is 22.4 Å². The summed E-state index contributed by atoms with van der Waals surface area (Å²) >= 11 is 0. The molecular formula is C12H16FN3O5S. The average Bonchev–Trinajstić information content (AvgIpc) is 2.36. The smallest absolute Gasteiger partial charge is 0.338 e. The third kappa shape index (κ3) is 3.71. The summed E-state index contributed by atoms with van der Waals surface area (Å²) in [6, 6.07) is 1.66. The summed E-state index contributed by atoms with van der Waals surface area (Å²) < 4.78 is 39.6. The number of hydrogen-bond donors (Lipinski definition) is 2. The third-order valence-corrected chi connectivity index (χ3v) is 4.15. The first-order valence-corrected chi connectivity index (χ1v) is 7.40. The van der Waals surface area contributed by atoms with Gasteiger partial charge in [0.2, 0.25) is 0 Å². The highest BCUT2D eigenvalue weighted by Gasteiger charge is 2.24. The first-order chi connectivity index (χ1) is 9.97. The highest BCUT2D eigenvalue weighted by atomic mass is 32.2. The van der Waals surface area contributed by atoms with Crippen molar-refractivity contribution in [2.45, 2.75) is 0 Å². The SMILES string of the molecule is CN(C)c1cc(C(=O)O)c(F)cc1C(=O)NS(=O)(=O)N(C)C. The average molecular weight is 333 g/mol. The molecule has 122 valence electrons. The van der Waals surface area contributed by atoms with Crippen molar-refractivity contribution >= 4 is 27.8 Å². The molecule has 0 aromatic heterocycles. The van der Waals surface area contributed by atoms with Crippen LogP contribution in [0.5, 0.6) is 0 Å². The summed E-state index contributed by atoms with van der Waals surface area (Å²) in [7, 11) is 1.41. The zero-order valence-corrected chi connectivity index (χ0v) is 13.2. The maximum Gasteiger partial charge on any atom is 0.338 e. The van der Waals surface area contributed by atoms with Gasteiger partial charge >= 0.3 is 16.2 Å². The molecule has 1 rings (SSSR count). The summed E-state index contributed by atoms with van der Waals surface area (Å²) in [5, 5.41) is 8.90. The highest BCUT2D eigenvalue weighted by Crippen LogP contribution is 2.23. The number of anilines is 1. The zero-order valence-electron chi connectivity index (χ0n) is 12.4. The molecule has 10 heteroatoms. The number of carbonyl (C=O) groups is 2. The lowest BCUT2D eigenvalue weighted by atomic mass is 10.1. The van der Waals surface area contributed by atoms with Crippen LogP contribution in [0.15, 0.2) is 12.1 Å². The predicted molar refractivity (Wildman–Crippen MR) is 77.8 cm³/mol. The number of halogens is 1. The predicted octanol–water partition coefficient (Wildman–Crippen LogP) is 0.126. The Morgan fingerprint density at radius 1 is 1.14 bits per heavy atom. The van der Waals surface area contributed by atoms with E-state index in [4.69, 9.17) is 5.11 Å². The number of benzene rings is 1. The van der Waals surface area contributed by atoms with Crippen LogP contribution in [0.4, 0.5) is 10.1 Å². The Bertz CT molecular complexity index is 716. The number of hydrogen-bond acceptors (Lipinski definition) is 5. The Hall–Kier alpha value is -2.20. The molecule has 0 heterocycles. The number of rotatable bonds is 5. The highest BCUT2D eigenvalue weighted by molar-refractivity contribution is 7.87. The van der Waals surface area contributed by atoms with Gasteiger partial charge in [-0.3, -0.25) is 4.79 Å². The first-order valence-electron chi connectivity index (χ1n) is 5.96. The first kappa shape index (κ1) is 17.9. The van der Waals surface area contributed by atoms with Gasteiger partial charge in [-0.25, -0.2) is 13.9 Å². The van der Waals surface area contributed by atoms with Crippen LogP contribution in [0.1, 0.15) is 20.7 Å². The second-order valence-electron chi connectivity index (χ2n) is 4.77. The molecule has 0 radical (unpaired) electrons. The molecule has 0 aliphatic rings. The van der Waals surface area contributed by atoms with Crippen LogP contribution in [0.2, 0.25) is 0 Å². The van der Waals surface area contributed by atoms with E-state index in [1.165, 1.54) is 33.1 Å². The molecular weight excluding hydrogens is 317 g/mol. The minimum atomic E-state index is -4.05. The minimum absolute atomic E-state index is 0.0743. The van der Waals surface area contributed by atoms with Crippen molar-refractivity contribution in [3.05, 3.63) is 29.1 Å². The molecule has 2 N–H and O–H groups in total. The lowest BCUT2D eigenvalue weighted by molar-refractivity contribution is 0.0691. The monoisotopic (exact) mass is 333 g/mol. The Labute approximate surface area is 127 Å². The van der Waals surface area contributed by atoms with Crippen molar-refractivity contribution in [3.8, 4) is 0 Å². The fraction of sp³-hybridized carbons (Fsp3) is 0.333. The molecule has 1 aromatic rings. The number of carbonyl (C=O) groups excluding carboxylic acids is 1. The second kappa shape index (κ2) is 6.28. The van der Waals surface area contributed by atoms with E-state index in [1.54, 1.807) is 4.72 Å². The molecule has 1 amide bonds. The van der Waals surface area contributed by atoms with Gasteiger partial charge in [0.05, 0.1) is 16.8 Å². The summed E-state index contributed by atoms with van der Waals surface area (Å²) in [6.45, 7) is 0. The molecule has 0 saturated carbocycles. The van der Waals surface area contributed by atoms with Crippen LogP contribution in [0.25, 0.3) is 0 Å². The fourth-order valence-corrected chi connectivity index (χ4v) is 2.07. The Kier molecular flexibility index (Phi) is 5.09. The molecule has 1 aromatic carbocycles. The third-order valence-electron chi connectivity index (χ3n) is 2.74. The summed E-state index contributed by atoms with van der Waals surface area (Å²) in [4.78, 5) is 24.4. The normalized spacial score (nSPS) is 11.4. The molecule has 0 aliphatic heterocycles. The van der Waals surface area contributed by atoms with E-state index in [2.05, 4.69) is 0 Å². The number of nitrogens with one attached hydrogen (secondary N) is 1. The van der Waals surface area contributed by atoms with Crippen LogP contribution in [0.3, 0.4) is 0 Å². The fourth-order valence-electron chi connectivity index (χ4n) is 1.54. The minimum Gasteiger partial charge on any atom is -0.478 e. The van der Waals surface area contributed by atoms with Crippen molar-refractivity contribution in [1.29, 1.82) is 0 Å². The van der Waals surface area contributed by atoms with Gasteiger partial charge in [-0.05, 0) is 12.1 Å². The van der Waals surface area contributed by atoms with E-state index in [0.29, 0.717) is 6.07 Å². The van der Waals surface area contributed by atoms with Gasteiger partial charge in [0.25, 0.3) is 5.91 Å². The van der Waals surface area contributed by atoms with Crippen LogP contribution < -0.4 is 9.62 Å². The van der Waals surface area contributed by atoms with Gasteiger partial charge in [0.1, 0.15) is 5.82 Å². The second-order valence-corrected chi connectivity index (χ2v) is 6.65. The van der Waals surface area contributed by atoms with Crippen LogP contribution in [-0.2, 0) is 10.2 Å². The van der Waals surface area contributed by atoms with Gasteiger partial charge in [-0.15, -0.1) is 0 Å². The maximum atomic E-state index is 13.8. The topological polar surface area (TPSA) is 107 Å². The quantitative estimate of drug-likeness (QED) is 0.793. The van der Waals surface area contributed by atoms with Crippen molar-refractivity contribution in [2.75, 3.05) is 33.1 Å². The molecule has 0 fully saturated rings. The summed E-state index contributed by atoms with van der Waals surface area (Å²) in [5.74, 6) is -3.69. The summed E-state index contributed by atoms with van der Waals surface area (Å²) in [6.07, 6.45) is 0. The van der Waals surface area contributed by atoms with Gasteiger partial charge in [-0.2, -0.15) is 12.7 Å². The van der Waals surface area contributed by atoms with Crippen LogP contribution >= 0.6 is 0 Å². The Morgan fingerprint density at radius 2 is 1.68 bits per heavy atom. The van der Waals surface area contributed by atoms with Gasteiger partial charge in [0, 0.05) is 28.2 Å². The van der Waals surface area contributed by atoms with Gasteiger partial charge in [0.15, 0.2) is 0 Å². The van der Waals surface area contributed by atoms with Crippen LogP contribution in [-0.4, -0.2) is 57.9 Å². The van der Waals surface area contributed by atoms with Crippen molar-refractivity contribution in [1.82, 2.24) is 9.03 Å². The van der Waals surface area contributed by atoms with Crippen molar-refractivity contribution < 1.29 is 27.5 Å². The Morgan fingerprint density at radius 3 is 2.09 bits per heavy atom. The largest absolute Gasteiger partial charge is 0.478 e. The van der Waals surface area contributed by atoms with E-state index in [-0.39, 0.29) is 11.3 Å². The lowest BCUT2D eigenvalue weighted by Gasteiger charge is -2.19. The molecule has 22 heavy (non-hydrogen) atoms. The molecule has 0 aliphatic carbocycles. The summed E-state index contributed by atoms with van der Waals surface area (Å²) in [5.41, 5.74) is -0.834. The Balaban J connectivity index is 3.38. The number of amides is 1. The van der Waals surface area contributed by atoms with E-state index in [0.717, 1.165) is 10.4 Å². The van der Waals surface area contributed by atoms with E-state index >= 15 is 0 Å². The molecule has 0 saturated heterocycles. The van der Waals surface area contributed by atoms with Crippen LogP contribution in [0, 0.1) is 5.82 Å². The van der Waals surface area contributed by atoms with E-state index < -0.39 is 33.5 Å². The van der Waals surface area contributed by atoms with Crippen molar-refractivity contribution in [2.24, 2.45) is 0 Å². The molecule has 0 spiro atoms. The molecule has 8 nitrogen and oxygen atoms in total. The zero-order chi connectivity index (χ0) is 17.2. The van der Waals surface area contributed by atoms with Gasteiger partial charge in [-0.1, -0.05) is 0 Å². The molecule has 0 bridgehead atoms. The van der Waals surface area contributed by atoms with Crippen molar-refractivity contribution in [3.63, 3.8) is 0 Å². The van der Waals surface area contributed by atoms with Gasteiger partial charge < -0.3 is 10.0 Å². The number of carboxylic acid groups (broad SMARTS) is 1. The lowest BCUT2D eigenvalue weighted by Crippen LogP contribution is -2.40. The standard InChI is InChI=1S/C12H16FN3O5S/c1-15(2)10-6-7(12(18)19)9(13)5-8(10)11(17)14-22(20,21)16(3)4/h5-6H,1-4H3,(H,14,17)(H,18,19). The number of aromatic carboxylic acids is 1. The number of nitrogens with zero attached hydrogens (tertiary/aromatic N) is 2. The molecule has 0 atom stereocenters. The maximum absolute atomic E-state index is 13.8. The number of carboxylic acids is 1.